The van der Waals surface area contributed by atoms with Crippen LogP contribution in [0.25, 0.3) is 0 Å². The third kappa shape index (κ3) is 4.05. The van der Waals surface area contributed by atoms with Crippen LogP contribution in [0.15, 0.2) is 59.8 Å². The molecule has 0 saturated carbocycles. The Kier molecular flexibility index (Phi) is 5.53. The fraction of sp³-hybridized carbons (Fsp3) is 0.217. The average Bonchev–Trinajstić information content (AvgIpc) is 2.76. The molecule has 0 radical (unpaired) electrons. The molecule has 1 aliphatic rings. The minimum absolute atomic E-state index is 0.0465. The van der Waals surface area contributed by atoms with Crippen molar-refractivity contribution in [1.29, 1.82) is 0 Å². The molecule has 0 bridgehead atoms. The zero-order valence-corrected chi connectivity index (χ0v) is 17.3. The maximum Gasteiger partial charge on any atom is 0.265 e. The van der Waals surface area contributed by atoms with Gasteiger partial charge in [0.2, 0.25) is 0 Å². The van der Waals surface area contributed by atoms with E-state index in [2.05, 4.69) is 10.3 Å². The Hall–Kier alpha value is -3.94. The molecule has 158 valence electrons. The van der Waals surface area contributed by atoms with Crippen LogP contribution in [-0.2, 0) is 11.3 Å². The van der Waals surface area contributed by atoms with E-state index in [4.69, 9.17) is 4.74 Å². The summed E-state index contributed by atoms with van der Waals surface area (Å²) in [4.78, 5) is 43.6. The molecule has 0 saturated heterocycles. The van der Waals surface area contributed by atoms with E-state index in [1.165, 1.54) is 4.57 Å². The van der Waals surface area contributed by atoms with E-state index >= 15 is 0 Å². The summed E-state index contributed by atoms with van der Waals surface area (Å²) in [5.41, 5.74) is 2.29. The standard InChI is InChI=1S/C23H22N4O4/c1-3-27-18-7-6-17(11-19(18)31-14-20(27)28)25-22(29)21-15(2)8-10-26(23(21)30)13-16-5-4-9-24-12-16/h4-12H,3,13-14H2,1-2H3,(H,25,29). The highest BCUT2D eigenvalue weighted by Gasteiger charge is 2.25. The van der Waals surface area contributed by atoms with Crippen LogP contribution in [0.1, 0.15) is 28.4 Å². The van der Waals surface area contributed by atoms with Gasteiger partial charge in [0.05, 0.1) is 12.2 Å². The first kappa shape index (κ1) is 20.3. The number of fused-ring (bicyclic) bond motifs is 1. The van der Waals surface area contributed by atoms with Gasteiger partial charge in [0.25, 0.3) is 17.4 Å². The number of anilines is 2. The van der Waals surface area contributed by atoms with Crippen LogP contribution in [0.4, 0.5) is 11.4 Å². The van der Waals surface area contributed by atoms with Crippen LogP contribution < -0.4 is 20.5 Å². The Labute approximate surface area is 179 Å². The highest BCUT2D eigenvalue weighted by Crippen LogP contribution is 2.34. The van der Waals surface area contributed by atoms with Gasteiger partial charge in [-0.2, -0.15) is 0 Å². The molecule has 0 unspecified atom stereocenters. The van der Waals surface area contributed by atoms with Gasteiger partial charge in [-0.15, -0.1) is 0 Å². The molecule has 3 aromatic rings. The maximum atomic E-state index is 13.0. The van der Waals surface area contributed by atoms with Crippen molar-refractivity contribution in [3.05, 3.63) is 82.0 Å². The number of aromatic nitrogens is 2. The largest absolute Gasteiger partial charge is 0.481 e. The van der Waals surface area contributed by atoms with Crippen LogP contribution in [0, 0.1) is 6.92 Å². The van der Waals surface area contributed by atoms with Crippen LogP contribution in [-0.4, -0.2) is 34.5 Å². The SMILES string of the molecule is CCN1C(=O)COc2cc(NC(=O)c3c(C)ccn(Cc4cccnc4)c3=O)ccc21. The van der Waals surface area contributed by atoms with Gasteiger partial charge in [-0.3, -0.25) is 19.4 Å². The van der Waals surface area contributed by atoms with Gasteiger partial charge in [-0.25, -0.2) is 0 Å². The summed E-state index contributed by atoms with van der Waals surface area (Å²) in [7, 11) is 0. The van der Waals surface area contributed by atoms with Crippen molar-refractivity contribution in [2.75, 3.05) is 23.4 Å². The third-order valence-electron chi connectivity index (χ3n) is 5.15. The molecular weight excluding hydrogens is 396 g/mol. The zero-order chi connectivity index (χ0) is 22.0. The lowest BCUT2D eigenvalue weighted by Gasteiger charge is -2.28. The summed E-state index contributed by atoms with van der Waals surface area (Å²) < 4.78 is 7.00. The molecule has 0 atom stereocenters. The maximum absolute atomic E-state index is 13.0. The highest BCUT2D eigenvalue weighted by atomic mass is 16.5. The van der Waals surface area contributed by atoms with Crippen LogP contribution >= 0.6 is 0 Å². The van der Waals surface area contributed by atoms with Crippen LogP contribution in [0.5, 0.6) is 5.75 Å². The Morgan fingerprint density at radius 1 is 1.23 bits per heavy atom. The summed E-state index contributed by atoms with van der Waals surface area (Å²) in [6, 6.07) is 10.5. The molecule has 1 aliphatic heterocycles. The molecule has 1 N–H and O–H groups in total. The highest BCUT2D eigenvalue weighted by molar-refractivity contribution is 6.05. The average molecular weight is 418 g/mol. The summed E-state index contributed by atoms with van der Waals surface area (Å²) in [5.74, 6) is -0.0962. The molecule has 2 aromatic heterocycles. The molecule has 0 spiro atoms. The quantitative estimate of drug-likeness (QED) is 0.687. The Balaban J connectivity index is 1.60. The molecule has 1 aromatic carbocycles. The van der Waals surface area contributed by atoms with Crippen LogP contribution in [0.3, 0.4) is 0 Å². The van der Waals surface area contributed by atoms with Crippen LogP contribution in [0.2, 0.25) is 0 Å². The molecule has 8 nitrogen and oxygen atoms in total. The predicted octanol–water partition coefficient (Wildman–Crippen LogP) is 2.60. The number of benzene rings is 1. The Morgan fingerprint density at radius 3 is 2.81 bits per heavy atom. The number of nitrogens with zero attached hydrogens (tertiary/aromatic N) is 3. The molecule has 3 heterocycles. The molecule has 8 heteroatoms. The third-order valence-corrected chi connectivity index (χ3v) is 5.15. The molecule has 4 rings (SSSR count). The lowest BCUT2D eigenvalue weighted by atomic mass is 10.1. The van der Waals surface area contributed by atoms with Crippen molar-refractivity contribution in [1.82, 2.24) is 9.55 Å². The summed E-state index contributed by atoms with van der Waals surface area (Å²) in [6.45, 7) is 4.42. The first-order chi connectivity index (χ1) is 15.0. The van der Waals surface area contributed by atoms with Gasteiger partial charge in [0.15, 0.2) is 6.61 Å². The van der Waals surface area contributed by atoms with Gasteiger partial charge in [0, 0.05) is 36.9 Å². The van der Waals surface area contributed by atoms with E-state index in [1.807, 2.05) is 13.0 Å². The van der Waals surface area contributed by atoms with E-state index in [0.29, 0.717) is 35.8 Å². The Morgan fingerprint density at radius 2 is 2.06 bits per heavy atom. The van der Waals surface area contributed by atoms with E-state index in [-0.39, 0.29) is 23.6 Å². The monoisotopic (exact) mass is 418 g/mol. The van der Waals surface area contributed by atoms with E-state index < -0.39 is 5.91 Å². The van der Waals surface area contributed by atoms with E-state index in [0.717, 1.165) is 5.56 Å². The number of hydrogen-bond donors (Lipinski definition) is 1. The zero-order valence-electron chi connectivity index (χ0n) is 17.3. The summed E-state index contributed by atoms with van der Waals surface area (Å²) in [6.07, 6.45) is 5.02. The first-order valence-corrected chi connectivity index (χ1v) is 9.95. The summed E-state index contributed by atoms with van der Waals surface area (Å²) >= 11 is 0. The smallest absolute Gasteiger partial charge is 0.265 e. The minimum Gasteiger partial charge on any atom is -0.481 e. The number of rotatable bonds is 5. The summed E-state index contributed by atoms with van der Waals surface area (Å²) in [5, 5.41) is 2.78. The second-order valence-corrected chi connectivity index (χ2v) is 7.23. The van der Waals surface area contributed by atoms with Gasteiger partial charge in [-0.05, 0) is 49.2 Å². The second kappa shape index (κ2) is 8.43. The Bertz CT molecular complexity index is 1200. The van der Waals surface area contributed by atoms with Crippen molar-refractivity contribution in [2.45, 2.75) is 20.4 Å². The molecule has 2 amide bonds. The molecule has 31 heavy (non-hydrogen) atoms. The lowest BCUT2D eigenvalue weighted by Crippen LogP contribution is -2.38. The predicted molar refractivity (Wildman–Crippen MR) is 117 cm³/mol. The fourth-order valence-corrected chi connectivity index (χ4v) is 3.58. The number of amides is 2. The van der Waals surface area contributed by atoms with E-state index in [9.17, 15) is 14.4 Å². The van der Waals surface area contributed by atoms with Gasteiger partial charge in [0.1, 0.15) is 11.3 Å². The van der Waals surface area contributed by atoms with E-state index in [1.54, 1.807) is 60.7 Å². The van der Waals surface area contributed by atoms with Gasteiger partial charge < -0.3 is 19.5 Å². The molecular formula is C23H22N4O4. The first-order valence-electron chi connectivity index (χ1n) is 9.95. The van der Waals surface area contributed by atoms with Crippen molar-refractivity contribution < 1.29 is 14.3 Å². The minimum atomic E-state index is -0.498. The normalized spacial score (nSPS) is 12.8. The number of likely N-dealkylation sites (N-methyl/N-ethyl adjacent to an activating group) is 1. The van der Waals surface area contributed by atoms with Crippen molar-refractivity contribution in [2.24, 2.45) is 0 Å². The van der Waals surface area contributed by atoms with Gasteiger partial charge in [-0.1, -0.05) is 6.07 Å². The fourth-order valence-electron chi connectivity index (χ4n) is 3.58. The van der Waals surface area contributed by atoms with Gasteiger partial charge >= 0.3 is 0 Å². The number of hydrogen-bond acceptors (Lipinski definition) is 5. The number of carbonyl (C=O) groups is 2. The number of pyridine rings is 2. The number of aryl methyl sites for hydroxylation is 1. The van der Waals surface area contributed by atoms with Crippen molar-refractivity contribution in [3.63, 3.8) is 0 Å². The lowest BCUT2D eigenvalue weighted by molar-refractivity contribution is -0.121. The molecule has 0 aliphatic carbocycles. The van der Waals surface area contributed by atoms with Crippen molar-refractivity contribution >= 4 is 23.2 Å². The second-order valence-electron chi connectivity index (χ2n) is 7.23. The topological polar surface area (TPSA) is 93.5 Å². The number of carbonyl (C=O) groups excluding carboxylic acids is 2. The number of nitrogens with one attached hydrogen (secondary N) is 1. The van der Waals surface area contributed by atoms with Crippen molar-refractivity contribution in [3.8, 4) is 5.75 Å². The number of ether oxygens (including phenoxy) is 1. The molecule has 0 fully saturated rings.